The first-order chi connectivity index (χ1) is 10.6. The molecule has 0 N–H and O–H groups in total. The van der Waals surface area contributed by atoms with Crippen molar-refractivity contribution in [3.8, 4) is 0 Å². The van der Waals surface area contributed by atoms with Gasteiger partial charge in [0.05, 0.1) is 5.56 Å². The van der Waals surface area contributed by atoms with Crippen molar-refractivity contribution in [1.82, 2.24) is 9.47 Å². The Bertz CT molecular complexity index is 707. The summed E-state index contributed by atoms with van der Waals surface area (Å²) in [5, 5.41) is 0.978. The van der Waals surface area contributed by atoms with E-state index in [0.29, 0.717) is 17.6 Å². The highest BCUT2D eigenvalue weighted by Crippen LogP contribution is 2.36. The zero-order valence-corrected chi connectivity index (χ0v) is 13.2. The molecule has 2 fully saturated rings. The third-order valence-electron chi connectivity index (χ3n) is 5.45. The molecule has 0 saturated carbocycles. The molecule has 0 aliphatic carbocycles. The molecule has 2 atom stereocenters. The Hall–Kier alpha value is -1.81. The maximum Gasteiger partial charge on any atom is 0.340 e. The van der Waals surface area contributed by atoms with Crippen LogP contribution in [0.2, 0.25) is 0 Å². The van der Waals surface area contributed by atoms with E-state index in [0.717, 1.165) is 23.7 Å². The second-order valence-electron chi connectivity index (χ2n) is 6.72. The van der Waals surface area contributed by atoms with Gasteiger partial charge in [-0.15, -0.1) is 0 Å². The number of benzene rings is 1. The number of hydrogen-bond acceptors (Lipinski definition) is 3. The van der Waals surface area contributed by atoms with Crippen LogP contribution in [0.4, 0.5) is 0 Å². The molecule has 0 radical (unpaired) electrons. The number of carbonyl (C=O) groups is 1. The first-order valence-electron chi connectivity index (χ1n) is 8.10. The number of carbonyl (C=O) groups excluding carboxylic acids is 1. The fraction of sp³-hybridized carbons (Fsp3) is 0.500. The van der Waals surface area contributed by atoms with E-state index >= 15 is 0 Å². The second-order valence-corrected chi connectivity index (χ2v) is 6.72. The SMILES string of the molecule is CN1C2CCC1CC(OC(=O)c1cn(C)c3ccccc13)C2. The molecular weight excluding hydrogens is 276 g/mol. The van der Waals surface area contributed by atoms with Crippen LogP contribution in [-0.4, -0.2) is 40.7 Å². The average Bonchev–Trinajstić information content (AvgIpc) is 2.93. The van der Waals surface area contributed by atoms with Crippen LogP contribution in [-0.2, 0) is 11.8 Å². The Morgan fingerprint density at radius 3 is 2.55 bits per heavy atom. The van der Waals surface area contributed by atoms with Gasteiger partial charge in [0, 0.05) is 49.1 Å². The minimum absolute atomic E-state index is 0.0696. The lowest BCUT2D eigenvalue weighted by atomic mass is 10.0. The van der Waals surface area contributed by atoms with Crippen molar-refractivity contribution in [3.05, 3.63) is 36.0 Å². The van der Waals surface area contributed by atoms with Gasteiger partial charge in [0.1, 0.15) is 6.10 Å². The Morgan fingerprint density at radius 1 is 1.14 bits per heavy atom. The van der Waals surface area contributed by atoms with Crippen molar-refractivity contribution in [3.63, 3.8) is 0 Å². The Labute approximate surface area is 130 Å². The van der Waals surface area contributed by atoms with Crippen LogP contribution in [0, 0.1) is 0 Å². The van der Waals surface area contributed by atoms with Gasteiger partial charge in [-0.3, -0.25) is 0 Å². The largest absolute Gasteiger partial charge is 0.459 e. The van der Waals surface area contributed by atoms with Crippen LogP contribution in [0.1, 0.15) is 36.0 Å². The molecule has 3 heterocycles. The number of nitrogens with zero attached hydrogens (tertiary/aromatic N) is 2. The summed E-state index contributed by atoms with van der Waals surface area (Å²) in [4.78, 5) is 15.1. The molecule has 4 nitrogen and oxygen atoms in total. The number of esters is 1. The topological polar surface area (TPSA) is 34.5 Å². The summed E-state index contributed by atoms with van der Waals surface area (Å²) >= 11 is 0. The minimum Gasteiger partial charge on any atom is -0.459 e. The number of ether oxygens (including phenoxy) is 1. The fourth-order valence-electron chi connectivity index (χ4n) is 4.18. The number of para-hydroxylation sites is 1. The average molecular weight is 298 g/mol. The van der Waals surface area contributed by atoms with Gasteiger partial charge in [-0.2, -0.15) is 0 Å². The molecular formula is C18H22N2O2. The summed E-state index contributed by atoms with van der Waals surface area (Å²) in [5.74, 6) is -0.175. The van der Waals surface area contributed by atoms with Gasteiger partial charge < -0.3 is 14.2 Å². The zero-order chi connectivity index (χ0) is 15.3. The Morgan fingerprint density at radius 2 is 1.82 bits per heavy atom. The van der Waals surface area contributed by atoms with Crippen LogP contribution in [0.25, 0.3) is 10.9 Å². The normalized spacial score (nSPS) is 28.2. The molecule has 4 heteroatoms. The first-order valence-corrected chi connectivity index (χ1v) is 8.10. The number of fused-ring (bicyclic) bond motifs is 3. The van der Waals surface area contributed by atoms with E-state index in [1.54, 1.807) is 0 Å². The molecule has 2 aliphatic rings. The number of aryl methyl sites for hydroxylation is 1. The lowest BCUT2D eigenvalue weighted by molar-refractivity contribution is -0.000279. The van der Waals surface area contributed by atoms with Gasteiger partial charge in [0.2, 0.25) is 0 Å². The predicted molar refractivity (Wildman–Crippen MR) is 85.9 cm³/mol. The molecule has 0 spiro atoms. The summed E-state index contributed by atoms with van der Waals surface area (Å²) in [6, 6.07) is 9.15. The molecule has 2 aliphatic heterocycles. The molecule has 1 aromatic heterocycles. The lowest BCUT2D eigenvalue weighted by Gasteiger charge is -2.35. The standard InChI is InChI=1S/C18H22N2O2/c1-19-11-16(15-5-3-4-6-17(15)19)18(21)22-14-9-12-7-8-13(10-14)20(12)2/h3-6,11-14H,7-10H2,1-2H3. The summed E-state index contributed by atoms with van der Waals surface area (Å²) in [5.41, 5.74) is 1.75. The minimum atomic E-state index is -0.175. The highest BCUT2D eigenvalue weighted by molar-refractivity contribution is 6.04. The zero-order valence-electron chi connectivity index (χ0n) is 13.2. The quantitative estimate of drug-likeness (QED) is 0.800. The molecule has 0 amide bonds. The third-order valence-corrected chi connectivity index (χ3v) is 5.45. The number of rotatable bonds is 2. The molecule has 2 aromatic rings. The highest BCUT2D eigenvalue weighted by Gasteiger charge is 2.40. The van der Waals surface area contributed by atoms with Crippen LogP contribution < -0.4 is 0 Å². The van der Waals surface area contributed by atoms with Gasteiger partial charge in [0.15, 0.2) is 0 Å². The second kappa shape index (κ2) is 5.13. The lowest BCUT2D eigenvalue weighted by Crippen LogP contribution is -2.43. The molecule has 4 rings (SSSR count). The summed E-state index contributed by atoms with van der Waals surface area (Å²) in [7, 11) is 4.17. The van der Waals surface area contributed by atoms with E-state index in [4.69, 9.17) is 4.74 Å². The Balaban J connectivity index is 1.55. The summed E-state index contributed by atoms with van der Waals surface area (Å²) in [6.45, 7) is 0. The van der Waals surface area contributed by atoms with Crippen molar-refractivity contribution < 1.29 is 9.53 Å². The van der Waals surface area contributed by atoms with E-state index in [2.05, 4.69) is 11.9 Å². The predicted octanol–water partition coefficient (Wildman–Crippen LogP) is 2.96. The van der Waals surface area contributed by atoms with Crippen molar-refractivity contribution in [2.24, 2.45) is 7.05 Å². The Kier molecular flexibility index (Phi) is 3.22. The van der Waals surface area contributed by atoms with E-state index in [-0.39, 0.29) is 12.1 Å². The van der Waals surface area contributed by atoms with Gasteiger partial charge in [-0.1, -0.05) is 18.2 Å². The number of hydrogen-bond donors (Lipinski definition) is 0. The van der Waals surface area contributed by atoms with Gasteiger partial charge >= 0.3 is 5.97 Å². The summed E-state index contributed by atoms with van der Waals surface area (Å²) in [6.07, 6.45) is 6.39. The smallest absolute Gasteiger partial charge is 0.340 e. The molecule has 2 bridgehead atoms. The highest BCUT2D eigenvalue weighted by atomic mass is 16.5. The molecule has 116 valence electrons. The van der Waals surface area contributed by atoms with Crippen molar-refractivity contribution in [1.29, 1.82) is 0 Å². The molecule has 2 unspecified atom stereocenters. The van der Waals surface area contributed by atoms with Gasteiger partial charge in [0.25, 0.3) is 0 Å². The van der Waals surface area contributed by atoms with Crippen molar-refractivity contribution >= 4 is 16.9 Å². The van der Waals surface area contributed by atoms with Crippen molar-refractivity contribution in [2.75, 3.05) is 7.05 Å². The van der Waals surface area contributed by atoms with Gasteiger partial charge in [-0.25, -0.2) is 4.79 Å². The van der Waals surface area contributed by atoms with Gasteiger partial charge in [-0.05, 0) is 26.0 Å². The van der Waals surface area contributed by atoms with Crippen molar-refractivity contribution in [2.45, 2.75) is 43.9 Å². The van der Waals surface area contributed by atoms with E-state index < -0.39 is 0 Å². The molecule has 2 saturated heterocycles. The first kappa shape index (κ1) is 13.8. The van der Waals surface area contributed by atoms with Crippen LogP contribution >= 0.6 is 0 Å². The van der Waals surface area contributed by atoms with E-state index in [1.165, 1.54) is 12.8 Å². The molecule has 22 heavy (non-hydrogen) atoms. The van der Waals surface area contributed by atoms with Crippen LogP contribution in [0.3, 0.4) is 0 Å². The number of aromatic nitrogens is 1. The number of piperidine rings is 1. The monoisotopic (exact) mass is 298 g/mol. The van der Waals surface area contributed by atoms with Crippen LogP contribution in [0.5, 0.6) is 0 Å². The molecule has 1 aromatic carbocycles. The third kappa shape index (κ3) is 2.13. The maximum atomic E-state index is 12.6. The van der Waals surface area contributed by atoms with E-state index in [1.807, 2.05) is 42.1 Å². The fourth-order valence-corrected chi connectivity index (χ4v) is 4.18. The van der Waals surface area contributed by atoms with E-state index in [9.17, 15) is 4.79 Å². The maximum absolute atomic E-state index is 12.6. The van der Waals surface area contributed by atoms with Crippen LogP contribution in [0.15, 0.2) is 30.5 Å². The summed E-state index contributed by atoms with van der Waals surface area (Å²) < 4.78 is 7.84.